The predicted molar refractivity (Wildman–Crippen MR) is 155 cm³/mol. The maximum absolute atomic E-state index is 10.5. The molecular weight excluding hydrogens is 477 g/mol. The third-order valence-electron chi connectivity index (χ3n) is 4.91. The van der Waals surface area contributed by atoms with Crippen molar-refractivity contribution in [1.82, 2.24) is 0 Å². The largest absolute Gasteiger partial charge is 0.399 e. The van der Waals surface area contributed by atoms with Gasteiger partial charge in [-0.15, -0.1) is 0 Å². The minimum atomic E-state index is -1.71. The van der Waals surface area contributed by atoms with Crippen LogP contribution in [0.3, 0.4) is 0 Å². The van der Waals surface area contributed by atoms with E-state index in [1.807, 2.05) is 92.4 Å². The average molecular weight is 511 g/mol. The van der Waals surface area contributed by atoms with Crippen molar-refractivity contribution in [2.45, 2.75) is 45.4 Å². The quantitative estimate of drug-likeness (QED) is 0.204. The Balaban J connectivity index is 0.000000218. The lowest BCUT2D eigenvalue weighted by molar-refractivity contribution is 0.112. The topological polar surface area (TPSA) is 73.9 Å². The van der Waals surface area contributed by atoms with Crippen LogP contribution in [0.1, 0.15) is 22.0 Å². The lowest BCUT2D eigenvalue weighted by atomic mass is 10.0. The second kappa shape index (κ2) is 12.9. The molecule has 4 nitrogen and oxygen atoms in total. The van der Waals surface area contributed by atoms with Crippen LogP contribution in [-0.2, 0) is 4.43 Å². The SMILES string of the molecule is C[Si](C)(C)C#N.C[Si](C)(C)OC(C#N)c1ccc2ccccc2c1.O=Cc1ccc2ccccc2c1. The Kier molecular flexibility index (Phi) is 10.3. The van der Waals surface area contributed by atoms with Crippen LogP contribution in [0.15, 0.2) is 84.9 Å². The van der Waals surface area contributed by atoms with Gasteiger partial charge in [-0.05, 0) is 58.9 Å². The summed E-state index contributed by atoms with van der Waals surface area (Å²) in [6.07, 6.45) is 0.410. The Morgan fingerprint density at radius 3 is 1.64 bits per heavy atom. The Hall–Kier alpha value is -3.56. The van der Waals surface area contributed by atoms with E-state index in [0.29, 0.717) is 0 Å². The fourth-order valence-electron chi connectivity index (χ4n) is 3.17. The van der Waals surface area contributed by atoms with Crippen molar-refractivity contribution < 1.29 is 9.22 Å². The highest BCUT2D eigenvalue weighted by molar-refractivity contribution is 6.83. The summed E-state index contributed by atoms with van der Waals surface area (Å²) in [5.74, 6) is 0. The number of hydrogen-bond acceptors (Lipinski definition) is 4. The Labute approximate surface area is 216 Å². The highest BCUT2D eigenvalue weighted by Gasteiger charge is 2.22. The van der Waals surface area contributed by atoms with E-state index in [2.05, 4.69) is 43.5 Å². The molecule has 0 radical (unpaired) electrons. The molecule has 4 aromatic carbocycles. The number of rotatable bonds is 4. The molecule has 4 aromatic rings. The van der Waals surface area contributed by atoms with Crippen LogP contribution in [0.2, 0.25) is 39.3 Å². The Bertz CT molecular complexity index is 1390. The standard InChI is InChI=1S/C15H17NOSi.C11H8O.C4H9NSi/c1-18(2,3)17-15(11-16)14-9-8-12-6-4-5-7-13(12)10-14;12-8-9-5-6-10-3-1-2-4-11(10)7-9;1-6(2,3)4-5/h4-10,15H,1-3H3;1-8H;1-3H3. The lowest BCUT2D eigenvalue weighted by Gasteiger charge is -2.22. The van der Waals surface area contributed by atoms with Gasteiger partial charge in [0, 0.05) is 11.3 Å². The van der Waals surface area contributed by atoms with Gasteiger partial charge in [0.2, 0.25) is 0 Å². The average Bonchev–Trinajstić information content (AvgIpc) is 2.86. The van der Waals surface area contributed by atoms with Crippen LogP contribution in [0, 0.1) is 22.3 Å². The molecule has 4 rings (SSSR count). The van der Waals surface area contributed by atoms with Crippen LogP contribution in [0.4, 0.5) is 0 Å². The summed E-state index contributed by atoms with van der Waals surface area (Å²) in [6.45, 7) is 12.3. The van der Waals surface area contributed by atoms with Crippen molar-refractivity contribution >= 4 is 44.2 Å². The maximum Gasteiger partial charge on any atom is 0.186 e. The monoisotopic (exact) mass is 510 g/mol. The van der Waals surface area contributed by atoms with E-state index >= 15 is 0 Å². The number of carbonyl (C=O) groups is 1. The first-order valence-corrected chi connectivity index (χ1v) is 18.8. The number of nitrogens with zero attached hydrogens (tertiary/aromatic N) is 2. The molecule has 36 heavy (non-hydrogen) atoms. The molecular formula is C30H34N2O2Si2. The van der Waals surface area contributed by atoms with E-state index in [-0.39, 0.29) is 0 Å². The number of nitriles is 2. The Morgan fingerprint density at radius 1 is 0.722 bits per heavy atom. The summed E-state index contributed by atoms with van der Waals surface area (Å²) in [4.78, 5) is 10.5. The van der Waals surface area contributed by atoms with Crippen molar-refractivity contribution in [3.8, 4) is 11.8 Å². The molecule has 0 amide bonds. The first-order chi connectivity index (χ1) is 17.0. The van der Waals surface area contributed by atoms with Gasteiger partial charge >= 0.3 is 0 Å². The van der Waals surface area contributed by atoms with Crippen molar-refractivity contribution in [3.63, 3.8) is 0 Å². The van der Waals surface area contributed by atoms with Crippen molar-refractivity contribution in [1.29, 1.82) is 10.5 Å². The van der Waals surface area contributed by atoms with E-state index in [4.69, 9.17) is 9.69 Å². The molecule has 0 aliphatic heterocycles. The van der Waals surface area contributed by atoms with E-state index in [1.54, 1.807) is 0 Å². The maximum atomic E-state index is 10.5. The van der Waals surface area contributed by atoms with Gasteiger partial charge in [0.05, 0.1) is 6.07 Å². The first kappa shape index (κ1) is 28.7. The van der Waals surface area contributed by atoms with E-state index in [0.717, 1.165) is 28.2 Å². The third-order valence-corrected chi connectivity index (χ3v) is 6.52. The van der Waals surface area contributed by atoms with Crippen LogP contribution >= 0.6 is 0 Å². The molecule has 0 N–H and O–H groups in total. The molecule has 6 heteroatoms. The normalized spacial score (nSPS) is 11.7. The summed E-state index contributed by atoms with van der Waals surface area (Å²) in [6, 6.07) is 30.1. The van der Waals surface area contributed by atoms with Gasteiger partial charge < -0.3 is 4.43 Å². The second-order valence-corrected chi connectivity index (χ2v) is 19.6. The van der Waals surface area contributed by atoms with Gasteiger partial charge in [-0.3, -0.25) is 4.79 Å². The summed E-state index contributed by atoms with van der Waals surface area (Å²) in [5.41, 5.74) is 3.92. The number of benzene rings is 4. The minimum Gasteiger partial charge on any atom is -0.399 e. The first-order valence-electron chi connectivity index (χ1n) is 11.9. The predicted octanol–water partition coefficient (Wildman–Crippen LogP) is 8.30. The zero-order valence-corrected chi connectivity index (χ0v) is 23.9. The molecule has 0 fully saturated rings. The fourth-order valence-corrected chi connectivity index (χ4v) is 4.07. The summed E-state index contributed by atoms with van der Waals surface area (Å²) >= 11 is 0. The van der Waals surface area contributed by atoms with Crippen molar-refractivity contribution in [2.75, 3.05) is 0 Å². The van der Waals surface area contributed by atoms with Gasteiger partial charge in [0.25, 0.3) is 0 Å². The highest BCUT2D eigenvalue weighted by Crippen LogP contribution is 2.25. The van der Waals surface area contributed by atoms with Crippen molar-refractivity contribution in [2.24, 2.45) is 0 Å². The highest BCUT2D eigenvalue weighted by atomic mass is 28.4. The molecule has 0 saturated carbocycles. The summed E-state index contributed by atoms with van der Waals surface area (Å²) in [7, 11) is -3.04. The van der Waals surface area contributed by atoms with Gasteiger partial charge in [-0.2, -0.15) is 5.26 Å². The second-order valence-electron chi connectivity index (χ2n) is 10.4. The molecule has 1 unspecified atom stereocenters. The number of hydrogen-bond donors (Lipinski definition) is 0. The van der Waals surface area contributed by atoms with E-state index in [9.17, 15) is 10.1 Å². The lowest BCUT2D eigenvalue weighted by Crippen LogP contribution is -2.27. The van der Waals surface area contributed by atoms with Crippen molar-refractivity contribution in [3.05, 3.63) is 96.1 Å². The number of carbonyl (C=O) groups excluding carboxylic acids is 1. The smallest absolute Gasteiger partial charge is 0.186 e. The zero-order chi connectivity index (χ0) is 26.8. The van der Waals surface area contributed by atoms with Gasteiger partial charge in [0.1, 0.15) is 6.29 Å². The van der Waals surface area contributed by atoms with E-state index < -0.39 is 22.5 Å². The fraction of sp³-hybridized carbons (Fsp3) is 0.233. The molecule has 1 atom stereocenters. The zero-order valence-electron chi connectivity index (χ0n) is 21.9. The van der Waals surface area contributed by atoms with Gasteiger partial charge in [-0.1, -0.05) is 92.4 Å². The van der Waals surface area contributed by atoms with Crippen LogP contribution in [-0.4, -0.2) is 22.7 Å². The molecule has 0 aliphatic rings. The number of aldehydes is 1. The molecule has 0 saturated heterocycles. The molecule has 0 aromatic heterocycles. The molecule has 0 bridgehead atoms. The number of fused-ring (bicyclic) bond motifs is 2. The molecule has 0 aliphatic carbocycles. The Morgan fingerprint density at radius 2 is 1.19 bits per heavy atom. The minimum absolute atomic E-state index is 0.457. The van der Waals surface area contributed by atoms with E-state index in [1.165, 1.54) is 10.8 Å². The molecule has 0 spiro atoms. The van der Waals surface area contributed by atoms with Crippen LogP contribution < -0.4 is 0 Å². The molecule has 184 valence electrons. The van der Waals surface area contributed by atoms with Gasteiger partial charge in [-0.25, -0.2) is 5.26 Å². The summed E-state index contributed by atoms with van der Waals surface area (Å²) in [5, 5.41) is 22.1. The summed E-state index contributed by atoms with van der Waals surface area (Å²) < 4.78 is 5.90. The van der Waals surface area contributed by atoms with Crippen LogP contribution in [0.5, 0.6) is 0 Å². The molecule has 0 heterocycles. The third kappa shape index (κ3) is 9.60. The van der Waals surface area contributed by atoms with Gasteiger partial charge in [0.15, 0.2) is 22.5 Å². The van der Waals surface area contributed by atoms with Crippen LogP contribution in [0.25, 0.3) is 21.5 Å².